The summed E-state index contributed by atoms with van der Waals surface area (Å²) in [6, 6.07) is 2.07. The van der Waals surface area contributed by atoms with Crippen molar-refractivity contribution in [2.45, 2.75) is 13.3 Å². The van der Waals surface area contributed by atoms with Gasteiger partial charge in [0.1, 0.15) is 0 Å². The van der Waals surface area contributed by atoms with Gasteiger partial charge >= 0.3 is 5.97 Å². The summed E-state index contributed by atoms with van der Waals surface area (Å²) < 4.78 is 4.78. The summed E-state index contributed by atoms with van der Waals surface area (Å²) in [6.45, 7) is 2.11. The van der Waals surface area contributed by atoms with Gasteiger partial charge in [-0.1, -0.05) is 6.92 Å². The van der Waals surface area contributed by atoms with E-state index in [2.05, 4.69) is 0 Å². The number of phenols is 3. The summed E-state index contributed by atoms with van der Waals surface area (Å²) in [6.07, 6.45) is 0.682. The number of hydrogen-bond acceptors (Lipinski definition) is 5. The standard InChI is InChI=1S/C10H12O5.Al.3H/c1-2-3-15-10(14)6-4-7(11)9(13)8(12)5-6;;;;/h4-5,11-13H,2-3H2,1H3;;;;. The Labute approximate surface area is 103 Å². The zero-order chi connectivity index (χ0) is 11.4. The van der Waals surface area contributed by atoms with E-state index in [-0.39, 0.29) is 29.5 Å². The second kappa shape index (κ2) is 6.26. The van der Waals surface area contributed by atoms with Crippen LogP contribution in [0.15, 0.2) is 12.1 Å². The van der Waals surface area contributed by atoms with E-state index >= 15 is 0 Å². The summed E-state index contributed by atoms with van der Waals surface area (Å²) in [5, 5.41) is 27.3. The molecule has 0 heterocycles. The molecule has 88 valence electrons. The first-order valence-corrected chi connectivity index (χ1v) is 4.48. The quantitative estimate of drug-likeness (QED) is 0.400. The normalized spacial score (nSPS) is 9.31. The number of hydrogen-bond donors (Lipinski definition) is 3. The van der Waals surface area contributed by atoms with E-state index in [1.165, 1.54) is 0 Å². The molecule has 16 heavy (non-hydrogen) atoms. The highest BCUT2D eigenvalue weighted by Gasteiger charge is 2.13. The van der Waals surface area contributed by atoms with Crippen LogP contribution in [0.25, 0.3) is 0 Å². The maximum Gasteiger partial charge on any atom is 0.338 e. The summed E-state index contributed by atoms with van der Waals surface area (Å²) in [7, 11) is 0. The Bertz CT molecular complexity index is 354. The highest BCUT2D eigenvalue weighted by Crippen LogP contribution is 2.35. The topological polar surface area (TPSA) is 87.0 Å². The smallest absolute Gasteiger partial charge is 0.338 e. The van der Waals surface area contributed by atoms with Crippen LogP contribution in [0.1, 0.15) is 23.7 Å². The average Bonchev–Trinajstić information content (AvgIpc) is 2.21. The monoisotopic (exact) mass is 242 g/mol. The molecule has 0 bridgehead atoms. The van der Waals surface area contributed by atoms with Gasteiger partial charge in [-0.3, -0.25) is 0 Å². The van der Waals surface area contributed by atoms with Gasteiger partial charge in [-0.25, -0.2) is 4.79 Å². The van der Waals surface area contributed by atoms with Crippen molar-refractivity contribution in [3.63, 3.8) is 0 Å². The van der Waals surface area contributed by atoms with Crippen molar-refractivity contribution in [1.29, 1.82) is 0 Å². The van der Waals surface area contributed by atoms with Crippen molar-refractivity contribution < 1.29 is 24.9 Å². The minimum atomic E-state index is -0.651. The van der Waals surface area contributed by atoms with Crippen LogP contribution in [0.2, 0.25) is 0 Å². The number of carbonyl (C=O) groups excluding carboxylic acids is 1. The van der Waals surface area contributed by atoms with Gasteiger partial charge in [0.2, 0.25) is 0 Å². The van der Waals surface area contributed by atoms with Gasteiger partial charge in [-0.15, -0.1) is 0 Å². The molecule has 0 aromatic heterocycles. The van der Waals surface area contributed by atoms with Crippen LogP contribution in [0, 0.1) is 0 Å². The lowest BCUT2D eigenvalue weighted by Gasteiger charge is -2.05. The first-order valence-electron chi connectivity index (χ1n) is 4.48. The van der Waals surface area contributed by atoms with Crippen LogP contribution >= 0.6 is 0 Å². The van der Waals surface area contributed by atoms with Crippen LogP contribution in [-0.4, -0.2) is 45.3 Å². The van der Waals surface area contributed by atoms with Crippen molar-refractivity contribution in [2.24, 2.45) is 0 Å². The van der Waals surface area contributed by atoms with E-state index in [9.17, 15) is 4.79 Å². The Morgan fingerprint density at radius 1 is 1.25 bits per heavy atom. The van der Waals surface area contributed by atoms with E-state index in [4.69, 9.17) is 20.1 Å². The molecule has 5 nitrogen and oxygen atoms in total. The van der Waals surface area contributed by atoms with Crippen LogP contribution < -0.4 is 0 Å². The lowest BCUT2D eigenvalue weighted by atomic mass is 10.2. The highest BCUT2D eigenvalue weighted by molar-refractivity contribution is 5.91. The molecular weight excluding hydrogens is 227 g/mol. The summed E-state index contributed by atoms with van der Waals surface area (Å²) in [5.41, 5.74) is -0.00347. The molecule has 6 heteroatoms. The van der Waals surface area contributed by atoms with E-state index in [0.29, 0.717) is 6.42 Å². The van der Waals surface area contributed by atoms with Crippen molar-refractivity contribution >= 4 is 23.3 Å². The third kappa shape index (κ3) is 3.33. The maximum absolute atomic E-state index is 11.3. The van der Waals surface area contributed by atoms with Gasteiger partial charge in [0.25, 0.3) is 0 Å². The Morgan fingerprint density at radius 2 is 1.75 bits per heavy atom. The summed E-state index contributed by atoms with van der Waals surface area (Å²) >= 11 is 0. The number of ether oxygens (including phenoxy) is 1. The molecule has 0 aliphatic rings. The highest BCUT2D eigenvalue weighted by atomic mass is 27.0. The first-order chi connectivity index (χ1) is 7.06. The molecule has 0 atom stereocenters. The van der Waals surface area contributed by atoms with Gasteiger partial charge in [0, 0.05) is 0 Å². The number of rotatable bonds is 3. The minimum Gasteiger partial charge on any atom is -0.504 e. The Morgan fingerprint density at radius 3 is 2.19 bits per heavy atom. The largest absolute Gasteiger partial charge is 0.504 e. The Kier molecular flexibility index (Phi) is 5.72. The van der Waals surface area contributed by atoms with Crippen molar-refractivity contribution in [1.82, 2.24) is 0 Å². The fourth-order valence-electron chi connectivity index (χ4n) is 1.00. The second-order valence-corrected chi connectivity index (χ2v) is 3.00. The number of carbonyl (C=O) groups is 1. The van der Waals surface area contributed by atoms with Crippen molar-refractivity contribution in [2.75, 3.05) is 6.61 Å². The zero-order valence-electron chi connectivity index (χ0n) is 8.23. The average molecular weight is 242 g/mol. The molecule has 0 unspecified atom stereocenters. The van der Waals surface area contributed by atoms with Crippen LogP contribution in [-0.2, 0) is 4.74 Å². The fraction of sp³-hybridized carbons (Fsp3) is 0.300. The summed E-state index contributed by atoms with van der Waals surface area (Å²) in [4.78, 5) is 11.3. The van der Waals surface area contributed by atoms with Crippen molar-refractivity contribution in [3.8, 4) is 17.2 Å². The number of aromatic hydroxyl groups is 3. The van der Waals surface area contributed by atoms with Gasteiger partial charge in [0.15, 0.2) is 34.6 Å². The maximum atomic E-state index is 11.3. The predicted octanol–water partition coefficient (Wildman–Crippen LogP) is 0.186. The predicted molar refractivity (Wildman–Crippen MR) is 61.9 cm³/mol. The molecule has 0 amide bonds. The molecule has 3 N–H and O–H groups in total. The minimum absolute atomic E-state index is 0. The Hall–Kier alpha value is -1.38. The molecule has 0 aliphatic carbocycles. The second-order valence-electron chi connectivity index (χ2n) is 3.00. The SMILES string of the molecule is CCCOC(=O)c1cc(O)c(O)c(O)c1.[AlH3]. The molecule has 0 fully saturated rings. The molecule has 1 rings (SSSR count). The zero-order valence-corrected chi connectivity index (χ0v) is 8.23. The number of phenolic OH excluding ortho intramolecular Hbond substituents is 3. The molecule has 0 radical (unpaired) electrons. The molecule has 0 saturated heterocycles. The van der Waals surface area contributed by atoms with Gasteiger partial charge in [-0.05, 0) is 18.6 Å². The fourth-order valence-corrected chi connectivity index (χ4v) is 1.00. The van der Waals surface area contributed by atoms with Crippen LogP contribution in [0.3, 0.4) is 0 Å². The lowest BCUT2D eigenvalue weighted by Crippen LogP contribution is -2.05. The Balaban J connectivity index is 0.00000225. The molecule has 1 aromatic carbocycles. The van der Waals surface area contributed by atoms with Gasteiger partial charge in [-0.2, -0.15) is 0 Å². The number of esters is 1. The van der Waals surface area contributed by atoms with Crippen LogP contribution in [0.5, 0.6) is 17.2 Å². The summed E-state index contributed by atoms with van der Waals surface area (Å²) in [5.74, 6) is -2.42. The molecule has 0 saturated carbocycles. The first kappa shape index (κ1) is 14.6. The molecule has 0 spiro atoms. The lowest BCUT2D eigenvalue weighted by molar-refractivity contribution is 0.0504. The van der Waals surface area contributed by atoms with E-state index in [1.54, 1.807) is 0 Å². The van der Waals surface area contributed by atoms with Crippen LogP contribution in [0.4, 0.5) is 0 Å². The van der Waals surface area contributed by atoms with E-state index in [0.717, 1.165) is 12.1 Å². The third-order valence-corrected chi connectivity index (χ3v) is 1.74. The van der Waals surface area contributed by atoms with E-state index in [1.807, 2.05) is 6.92 Å². The van der Waals surface area contributed by atoms with E-state index < -0.39 is 23.2 Å². The van der Waals surface area contributed by atoms with Gasteiger partial charge < -0.3 is 20.1 Å². The third-order valence-electron chi connectivity index (χ3n) is 1.74. The van der Waals surface area contributed by atoms with Crippen molar-refractivity contribution in [3.05, 3.63) is 17.7 Å². The number of benzene rings is 1. The molecular formula is C10H15AlO5. The molecule has 1 aromatic rings. The molecule has 0 aliphatic heterocycles. The van der Waals surface area contributed by atoms with Gasteiger partial charge in [0.05, 0.1) is 12.2 Å².